The minimum absolute atomic E-state index is 0.0266. The van der Waals surface area contributed by atoms with Crippen molar-refractivity contribution in [2.45, 2.75) is 90.8 Å². The first-order valence-electron chi connectivity index (χ1n) is 11.7. The molecule has 0 aromatic heterocycles. The number of hydrogen-bond donors (Lipinski definition) is 2. The van der Waals surface area contributed by atoms with Crippen molar-refractivity contribution in [3.8, 4) is 0 Å². The van der Waals surface area contributed by atoms with Crippen LogP contribution in [0.2, 0.25) is 0 Å². The first-order chi connectivity index (χ1) is 13.6. The van der Waals surface area contributed by atoms with Gasteiger partial charge in [-0.05, 0) is 91.3 Å². The maximum absolute atomic E-state index is 12.1. The number of ketones is 1. The van der Waals surface area contributed by atoms with Crippen molar-refractivity contribution in [3.63, 3.8) is 0 Å². The van der Waals surface area contributed by atoms with Crippen LogP contribution in [0.3, 0.4) is 0 Å². The van der Waals surface area contributed by atoms with Crippen molar-refractivity contribution in [3.05, 3.63) is 0 Å². The molecule has 0 aromatic carbocycles. The highest BCUT2D eigenvalue weighted by Gasteiger charge is 2.65. The van der Waals surface area contributed by atoms with E-state index in [2.05, 4.69) is 20.8 Å². The summed E-state index contributed by atoms with van der Waals surface area (Å²) in [5.74, 6) is 0.731. The lowest BCUT2D eigenvalue weighted by Crippen LogP contribution is -2.62. The molecule has 0 aromatic rings. The van der Waals surface area contributed by atoms with Crippen LogP contribution in [0.15, 0.2) is 0 Å². The van der Waals surface area contributed by atoms with E-state index >= 15 is 0 Å². The van der Waals surface area contributed by atoms with Crippen molar-refractivity contribution < 1.29 is 24.9 Å². The highest BCUT2D eigenvalue weighted by atomic mass is 16.4. The summed E-state index contributed by atoms with van der Waals surface area (Å²) in [6.45, 7) is 6.61. The lowest BCUT2D eigenvalue weighted by atomic mass is 9.43. The number of rotatable bonds is 4. The van der Waals surface area contributed by atoms with Crippen LogP contribution in [0.5, 0.6) is 0 Å². The zero-order valence-electron chi connectivity index (χ0n) is 18.1. The molecule has 0 saturated heterocycles. The Bertz CT molecular complexity index is 676. The molecule has 29 heavy (non-hydrogen) atoms. The zero-order valence-corrected chi connectivity index (χ0v) is 18.1. The number of aliphatic hydroxyl groups is 2. The molecule has 0 spiro atoms. The number of carbonyl (C=O) groups excluding carboxylic acids is 2. The quantitative estimate of drug-likeness (QED) is 0.748. The molecule has 2 N–H and O–H groups in total. The van der Waals surface area contributed by atoms with Crippen molar-refractivity contribution in [1.82, 2.24) is 0 Å². The van der Waals surface area contributed by atoms with E-state index in [1.165, 1.54) is 0 Å². The summed E-state index contributed by atoms with van der Waals surface area (Å²) >= 11 is 0. The largest absolute Gasteiger partial charge is 0.550 e. The monoisotopic (exact) mass is 405 g/mol. The Labute approximate surface area is 174 Å². The van der Waals surface area contributed by atoms with Gasteiger partial charge in [-0.25, -0.2) is 0 Å². The maximum atomic E-state index is 12.1. The van der Waals surface area contributed by atoms with Gasteiger partial charge in [-0.15, -0.1) is 0 Å². The molecule has 0 aliphatic heterocycles. The third kappa shape index (κ3) is 3.18. The zero-order chi connectivity index (χ0) is 21.1. The minimum Gasteiger partial charge on any atom is -0.550 e. The van der Waals surface area contributed by atoms with Crippen LogP contribution in [-0.4, -0.2) is 34.2 Å². The van der Waals surface area contributed by atoms with E-state index < -0.39 is 18.2 Å². The van der Waals surface area contributed by atoms with Crippen LogP contribution in [0, 0.1) is 46.3 Å². The third-order valence-electron chi connectivity index (χ3n) is 10.2. The normalized spacial score (nSPS) is 50.4. The minimum atomic E-state index is -1.01. The van der Waals surface area contributed by atoms with Gasteiger partial charge in [0, 0.05) is 18.8 Å². The predicted octanol–water partition coefficient (Wildman–Crippen LogP) is 2.32. The van der Waals surface area contributed by atoms with Crippen LogP contribution < -0.4 is 5.11 Å². The Morgan fingerprint density at radius 1 is 1.21 bits per heavy atom. The van der Waals surface area contributed by atoms with Gasteiger partial charge >= 0.3 is 0 Å². The molecular weight excluding hydrogens is 368 g/mol. The standard InChI is InChI=1S/C24H38O5/c1-13(4-7-21(28)29)16-5-6-17-22-18(12-20(27)24(16,17)3)23(2)9-8-15(25)10-14(23)11-19(22)26/h13-14,16-20,22,26-27H,4-12H2,1-3H3,(H,28,29)/p-1/t13-,14+,16-,17+,18+,19-,20+,22+,23+,24-/m1/s1. The van der Waals surface area contributed by atoms with Crippen molar-refractivity contribution >= 4 is 11.8 Å². The lowest BCUT2D eigenvalue weighted by molar-refractivity contribution is -0.306. The van der Waals surface area contributed by atoms with Crippen molar-refractivity contribution in [1.29, 1.82) is 0 Å². The number of fused-ring (bicyclic) bond motifs is 5. The van der Waals surface area contributed by atoms with Gasteiger partial charge in [0.2, 0.25) is 0 Å². The molecule has 0 radical (unpaired) electrons. The van der Waals surface area contributed by atoms with E-state index in [9.17, 15) is 24.9 Å². The molecule has 0 heterocycles. The molecule has 4 aliphatic carbocycles. The fourth-order valence-electron chi connectivity index (χ4n) is 8.49. The van der Waals surface area contributed by atoms with Gasteiger partial charge in [0.25, 0.3) is 0 Å². The van der Waals surface area contributed by atoms with E-state index in [1.54, 1.807) is 0 Å². The first-order valence-corrected chi connectivity index (χ1v) is 11.7. The van der Waals surface area contributed by atoms with Crippen LogP contribution in [0.4, 0.5) is 0 Å². The van der Waals surface area contributed by atoms with Gasteiger partial charge < -0.3 is 20.1 Å². The Balaban J connectivity index is 1.61. The Kier molecular flexibility index (Phi) is 5.39. The van der Waals surface area contributed by atoms with E-state index in [0.29, 0.717) is 37.9 Å². The van der Waals surface area contributed by atoms with Gasteiger partial charge in [-0.2, -0.15) is 0 Å². The molecule has 4 rings (SSSR count). The smallest absolute Gasteiger partial charge is 0.133 e. The molecule has 10 atom stereocenters. The molecule has 0 unspecified atom stereocenters. The maximum Gasteiger partial charge on any atom is 0.133 e. The summed E-state index contributed by atoms with van der Waals surface area (Å²) in [6, 6.07) is 0. The Hall–Kier alpha value is -0.940. The number of carbonyl (C=O) groups is 2. The molecule has 0 bridgehead atoms. The summed E-state index contributed by atoms with van der Waals surface area (Å²) in [7, 11) is 0. The van der Waals surface area contributed by atoms with Gasteiger partial charge in [-0.1, -0.05) is 20.8 Å². The van der Waals surface area contributed by atoms with Gasteiger partial charge in [0.05, 0.1) is 12.2 Å². The van der Waals surface area contributed by atoms with E-state index in [1.807, 2.05) is 0 Å². The molecule has 4 aliphatic rings. The highest BCUT2D eigenvalue weighted by Crippen LogP contribution is 2.68. The number of hydrogen-bond acceptors (Lipinski definition) is 5. The summed E-state index contributed by atoms with van der Waals surface area (Å²) in [6.07, 6.45) is 5.28. The fourth-order valence-corrected chi connectivity index (χ4v) is 8.49. The third-order valence-corrected chi connectivity index (χ3v) is 10.2. The Morgan fingerprint density at radius 2 is 1.93 bits per heavy atom. The summed E-state index contributed by atoms with van der Waals surface area (Å²) in [5.41, 5.74) is -0.250. The number of carboxylic acids is 1. The highest BCUT2D eigenvalue weighted by molar-refractivity contribution is 5.79. The average molecular weight is 406 g/mol. The van der Waals surface area contributed by atoms with E-state index in [-0.39, 0.29) is 52.8 Å². The SMILES string of the molecule is C[C@H](CCC(=O)[O-])[C@H]1CC[C@H]2[C@@H]3[C@H](O)C[C@@H]4CC(=O)CC[C@]4(C)[C@H]3C[C@H](O)[C@]12C. The van der Waals surface area contributed by atoms with Crippen molar-refractivity contribution in [2.24, 2.45) is 46.3 Å². The summed E-state index contributed by atoms with van der Waals surface area (Å²) in [4.78, 5) is 23.0. The fraction of sp³-hybridized carbons (Fsp3) is 0.917. The molecule has 5 nitrogen and oxygen atoms in total. The van der Waals surface area contributed by atoms with Crippen LogP contribution in [-0.2, 0) is 9.59 Å². The van der Waals surface area contributed by atoms with E-state index in [4.69, 9.17) is 0 Å². The lowest BCUT2D eigenvalue weighted by Gasteiger charge is -2.63. The van der Waals surface area contributed by atoms with E-state index in [0.717, 1.165) is 19.3 Å². The topological polar surface area (TPSA) is 97.7 Å². The van der Waals surface area contributed by atoms with Crippen LogP contribution in [0.1, 0.15) is 78.6 Å². The second-order valence-corrected chi connectivity index (χ2v) is 11.2. The summed E-state index contributed by atoms with van der Waals surface area (Å²) in [5, 5.41) is 33.6. The second kappa shape index (κ2) is 7.33. The molecule has 4 saturated carbocycles. The van der Waals surface area contributed by atoms with Gasteiger partial charge in [0.15, 0.2) is 0 Å². The van der Waals surface area contributed by atoms with Crippen LogP contribution in [0.25, 0.3) is 0 Å². The average Bonchev–Trinajstić information content (AvgIpc) is 3.01. The number of Topliss-reactive ketones (excluding diaryl/α,β-unsaturated/α-hetero) is 1. The molecular formula is C24H37O5-. The van der Waals surface area contributed by atoms with Crippen molar-refractivity contribution in [2.75, 3.05) is 0 Å². The molecule has 5 heteroatoms. The molecule has 0 amide bonds. The molecule has 4 fully saturated rings. The molecule has 164 valence electrons. The second-order valence-electron chi connectivity index (χ2n) is 11.2. The predicted molar refractivity (Wildman–Crippen MR) is 106 cm³/mol. The van der Waals surface area contributed by atoms with Gasteiger partial charge in [0.1, 0.15) is 5.78 Å². The number of aliphatic carboxylic acids is 1. The van der Waals surface area contributed by atoms with Gasteiger partial charge in [-0.3, -0.25) is 4.79 Å². The number of aliphatic hydroxyl groups excluding tert-OH is 2. The summed E-state index contributed by atoms with van der Waals surface area (Å²) < 4.78 is 0. The Morgan fingerprint density at radius 3 is 2.62 bits per heavy atom. The first kappa shape index (κ1) is 21.3. The van der Waals surface area contributed by atoms with Crippen LogP contribution >= 0.6 is 0 Å². The number of carboxylic acid groups (broad SMARTS) is 1.